The zero-order chi connectivity index (χ0) is 20.8. The van der Waals surface area contributed by atoms with Gasteiger partial charge in [-0.2, -0.15) is 5.12 Å². The van der Waals surface area contributed by atoms with Crippen LogP contribution in [0.25, 0.3) is 0 Å². The van der Waals surface area contributed by atoms with E-state index in [1.165, 1.54) is 43.5 Å². The van der Waals surface area contributed by atoms with Gasteiger partial charge in [0.25, 0.3) is 0 Å². The second kappa shape index (κ2) is 9.82. The first kappa shape index (κ1) is 21.2. The fraction of sp³-hybridized carbons (Fsp3) is 0.350. The number of benzene rings is 2. The molecular formula is C20H27FN6OS. The number of hydrogen-bond acceptors (Lipinski definition) is 5. The fourth-order valence-electron chi connectivity index (χ4n) is 3.38. The summed E-state index contributed by atoms with van der Waals surface area (Å²) in [6.45, 7) is 0. The van der Waals surface area contributed by atoms with Gasteiger partial charge >= 0.3 is 0 Å². The van der Waals surface area contributed by atoms with Crippen molar-refractivity contribution in [2.24, 2.45) is 16.7 Å². The van der Waals surface area contributed by atoms with Gasteiger partial charge in [-0.1, -0.05) is 19.3 Å². The first-order valence-electron chi connectivity index (χ1n) is 9.62. The van der Waals surface area contributed by atoms with Crippen molar-refractivity contribution in [3.05, 3.63) is 53.8 Å². The molecule has 0 saturated heterocycles. The van der Waals surface area contributed by atoms with Crippen molar-refractivity contribution in [2.75, 3.05) is 17.5 Å². The second-order valence-corrected chi connectivity index (χ2v) is 8.38. The molecule has 3 rings (SSSR count). The molecule has 1 aliphatic carbocycles. The minimum Gasteiger partial charge on any atom is -0.382 e. The maximum Gasteiger partial charge on any atom is 0.154 e. The Hall–Kier alpha value is -2.49. The van der Waals surface area contributed by atoms with Crippen LogP contribution in [0.2, 0.25) is 0 Å². The highest BCUT2D eigenvalue weighted by atomic mass is 32.2. The normalized spacial score (nSPS) is 16.4. The summed E-state index contributed by atoms with van der Waals surface area (Å²) < 4.78 is 28.1. The number of nitrogens with zero attached hydrogens (tertiary/aromatic N) is 2. The Morgan fingerprint density at radius 1 is 1.17 bits per heavy atom. The number of hydrazine groups is 1. The van der Waals surface area contributed by atoms with Crippen LogP contribution in [-0.2, 0) is 11.0 Å². The molecule has 0 bridgehead atoms. The topological polar surface area (TPSA) is 109 Å². The number of rotatable bonds is 7. The minimum atomic E-state index is -1.36. The van der Waals surface area contributed by atoms with Crippen LogP contribution in [0.1, 0.15) is 37.7 Å². The van der Waals surface area contributed by atoms with Crippen molar-refractivity contribution in [3.63, 3.8) is 0 Å². The Balaban J connectivity index is 1.91. The van der Waals surface area contributed by atoms with Gasteiger partial charge in [0.1, 0.15) is 16.8 Å². The summed E-state index contributed by atoms with van der Waals surface area (Å²) >= 11 is 0. The van der Waals surface area contributed by atoms with Gasteiger partial charge < -0.3 is 11.1 Å². The van der Waals surface area contributed by atoms with E-state index in [9.17, 15) is 8.60 Å². The molecule has 0 heterocycles. The van der Waals surface area contributed by atoms with Crippen LogP contribution in [0.15, 0.2) is 52.5 Å². The zero-order valence-corrected chi connectivity index (χ0v) is 17.2. The molecule has 156 valence electrons. The largest absolute Gasteiger partial charge is 0.382 e. The minimum absolute atomic E-state index is 0.171. The number of hydrogen-bond donors (Lipinski definition) is 4. The molecular weight excluding hydrogens is 391 g/mol. The van der Waals surface area contributed by atoms with E-state index in [2.05, 4.69) is 15.1 Å². The third kappa shape index (κ3) is 5.53. The van der Waals surface area contributed by atoms with Crippen LogP contribution in [0, 0.1) is 5.82 Å². The van der Waals surface area contributed by atoms with Gasteiger partial charge in [-0.15, -0.1) is 5.10 Å². The van der Waals surface area contributed by atoms with E-state index in [0.29, 0.717) is 22.2 Å². The van der Waals surface area contributed by atoms with E-state index in [0.717, 1.165) is 23.6 Å². The molecule has 1 saturated carbocycles. The Bertz CT molecular complexity index is 883. The maximum absolute atomic E-state index is 13.1. The SMILES string of the molecule is CNS(=O)c1ccc(NC2CCCCC2)c(/C(N)=N/N(N)c2ccc(F)cc2)c1. The lowest BCUT2D eigenvalue weighted by Gasteiger charge is -2.25. The summed E-state index contributed by atoms with van der Waals surface area (Å²) in [5.74, 6) is 5.80. The molecule has 1 unspecified atom stereocenters. The molecule has 7 nitrogen and oxygen atoms in total. The van der Waals surface area contributed by atoms with Crippen LogP contribution in [0.3, 0.4) is 0 Å². The van der Waals surface area contributed by atoms with E-state index in [1.807, 2.05) is 6.07 Å². The Labute approximate surface area is 172 Å². The Morgan fingerprint density at radius 3 is 2.52 bits per heavy atom. The molecule has 0 amide bonds. The molecule has 6 N–H and O–H groups in total. The standard InChI is InChI=1S/C20H27FN6OS/c1-24-29(28)17-11-12-19(25-15-5-3-2-4-6-15)18(13-17)20(22)26-27(23)16-9-7-14(21)8-10-16/h7-13,15,24-25H,2-6,23H2,1H3,(H2,22,26). The number of halogens is 1. The molecule has 1 atom stereocenters. The smallest absolute Gasteiger partial charge is 0.154 e. The summed E-state index contributed by atoms with van der Waals surface area (Å²) in [5, 5.41) is 8.89. The van der Waals surface area contributed by atoms with Gasteiger partial charge in [0, 0.05) is 17.3 Å². The molecule has 2 aromatic rings. The van der Waals surface area contributed by atoms with Gasteiger partial charge in [0.2, 0.25) is 0 Å². The summed E-state index contributed by atoms with van der Waals surface area (Å²) in [7, 11) is 0.264. The third-order valence-corrected chi connectivity index (χ3v) is 5.99. The summed E-state index contributed by atoms with van der Waals surface area (Å²) in [6, 6.07) is 11.4. The summed E-state index contributed by atoms with van der Waals surface area (Å²) in [6.07, 6.45) is 5.84. The van der Waals surface area contributed by atoms with Crippen LogP contribution >= 0.6 is 0 Å². The highest BCUT2D eigenvalue weighted by molar-refractivity contribution is 7.83. The van der Waals surface area contributed by atoms with E-state index < -0.39 is 11.0 Å². The van der Waals surface area contributed by atoms with Gasteiger partial charge in [0.15, 0.2) is 5.84 Å². The van der Waals surface area contributed by atoms with Crippen molar-refractivity contribution >= 4 is 28.2 Å². The molecule has 1 fully saturated rings. The van der Waals surface area contributed by atoms with Crippen LogP contribution in [0.5, 0.6) is 0 Å². The Morgan fingerprint density at radius 2 is 1.86 bits per heavy atom. The third-order valence-electron chi connectivity index (χ3n) is 4.94. The highest BCUT2D eigenvalue weighted by Crippen LogP contribution is 2.25. The fourth-order valence-corrected chi connectivity index (χ4v) is 4.03. The predicted molar refractivity (Wildman–Crippen MR) is 116 cm³/mol. The lowest BCUT2D eigenvalue weighted by molar-refractivity contribution is 0.462. The quantitative estimate of drug-likeness (QED) is 0.239. The van der Waals surface area contributed by atoms with Crippen LogP contribution < -0.4 is 26.7 Å². The average Bonchev–Trinajstić information content (AvgIpc) is 2.74. The average molecular weight is 419 g/mol. The number of nitrogens with two attached hydrogens (primary N) is 2. The molecule has 1 aliphatic rings. The van der Waals surface area contributed by atoms with E-state index in [1.54, 1.807) is 19.2 Å². The molecule has 29 heavy (non-hydrogen) atoms. The Kier molecular flexibility index (Phi) is 7.18. The second-order valence-electron chi connectivity index (χ2n) is 6.97. The van der Waals surface area contributed by atoms with Crippen molar-refractivity contribution in [1.29, 1.82) is 0 Å². The van der Waals surface area contributed by atoms with Crippen molar-refractivity contribution < 1.29 is 8.60 Å². The van der Waals surface area contributed by atoms with Gasteiger partial charge in [-0.3, -0.25) is 0 Å². The molecule has 0 spiro atoms. The zero-order valence-electron chi connectivity index (χ0n) is 16.4. The molecule has 0 radical (unpaired) electrons. The van der Waals surface area contributed by atoms with Crippen LogP contribution in [0.4, 0.5) is 15.8 Å². The summed E-state index contributed by atoms with van der Waals surface area (Å²) in [4.78, 5) is 0.584. The molecule has 2 aromatic carbocycles. The first-order valence-corrected chi connectivity index (χ1v) is 10.8. The molecule has 0 aliphatic heterocycles. The van der Waals surface area contributed by atoms with Crippen molar-refractivity contribution in [3.8, 4) is 0 Å². The van der Waals surface area contributed by atoms with E-state index >= 15 is 0 Å². The molecule has 0 aromatic heterocycles. The summed E-state index contributed by atoms with van der Waals surface area (Å²) in [5.41, 5.74) is 8.21. The number of hydrazone groups is 1. The molecule has 9 heteroatoms. The lowest BCUT2D eigenvalue weighted by Crippen LogP contribution is -2.30. The first-order chi connectivity index (χ1) is 14.0. The van der Waals surface area contributed by atoms with E-state index in [-0.39, 0.29) is 11.7 Å². The predicted octanol–water partition coefficient (Wildman–Crippen LogP) is 2.81. The van der Waals surface area contributed by atoms with E-state index in [4.69, 9.17) is 11.6 Å². The highest BCUT2D eigenvalue weighted by Gasteiger charge is 2.17. The number of anilines is 2. The van der Waals surface area contributed by atoms with Gasteiger partial charge in [0.05, 0.1) is 10.6 Å². The number of amidine groups is 1. The lowest BCUT2D eigenvalue weighted by atomic mass is 9.95. The van der Waals surface area contributed by atoms with Gasteiger partial charge in [-0.05, 0) is 62.4 Å². The van der Waals surface area contributed by atoms with Crippen molar-refractivity contribution in [1.82, 2.24) is 4.72 Å². The van der Waals surface area contributed by atoms with Crippen LogP contribution in [-0.4, -0.2) is 23.1 Å². The van der Waals surface area contributed by atoms with Crippen molar-refractivity contribution in [2.45, 2.75) is 43.0 Å². The number of nitrogens with one attached hydrogen (secondary N) is 2. The monoisotopic (exact) mass is 418 g/mol. The van der Waals surface area contributed by atoms with Gasteiger partial charge in [-0.25, -0.2) is 19.2 Å². The maximum atomic E-state index is 13.1.